The van der Waals surface area contributed by atoms with Gasteiger partial charge in [0.15, 0.2) is 5.76 Å². The Morgan fingerprint density at radius 1 is 1.20 bits per heavy atom. The molecule has 0 aliphatic rings. The molecule has 0 amide bonds. The Morgan fingerprint density at radius 3 is 2.32 bits per heavy atom. The summed E-state index contributed by atoms with van der Waals surface area (Å²) in [4.78, 5) is 21.8. The van der Waals surface area contributed by atoms with E-state index in [1.54, 1.807) is 6.07 Å². The van der Waals surface area contributed by atoms with Crippen molar-refractivity contribution in [2.75, 3.05) is 27.6 Å². The Balaban J connectivity index is 3.50. The first-order valence-electron chi connectivity index (χ1n) is 7.36. The van der Waals surface area contributed by atoms with Gasteiger partial charge in [-0.05, 0) is 13.2 Å². The lowest BCUT2D eigenvalue weighted by Gasteiger charge is -2.20. The maximum Gasteiger partial charge on any atom is 0.334 e. The second kappa shape index (κ2) is 10.8. The van der Waals surface area contributed by atoms with Gasteiger partial charge in [0.25, 0.3) is 0 Å². The quantitative estimate of drug-likeness (QED) is 0.226. The summed E-state index contributed by atoms with van der Waals surface area (Å²) >= 11 is 1.53. The molecule has 7 nitrogen and oxygen atoms in total. The Labute approximate surface area is 152 Å². The molecular weight excluding hydrogens is 344 g/mol. The summed E-state index contributed by atoms with van der Waals surface area (Å²) in [5, 5.41) is -0.174. The minimum atomic E-state index is -0.523. The SMILES string of the molecule is CONC(SC)/C(C)=C(\ON)c1ccccc1/C(=C\C(=O)OC)OC. The van der Waals surface area contributed by atoms with Crippen LogP contribution in [0.2, 0.25) is 0 Å². The summed E-state index contributed by atoms with van der Waals surface area (Å²) in [5.41, 5.74) is 5.01. The zero-order valence-electron chi connectivity index (χ0n) is 15.0. The standard InChI is InChI=1S/C17H24N2O5S/c1-11(17(25-5)19-23-4)16(24-18)13-9-7-6-8-12(13)14(21-2)10-15(20)22-3/h6-10,17,19H,18H2,1-5H3/b14-10+,16-11-. The van der Waals surface area contributed by atoms with E-state index in [0.29, 0.717) is 22.6 Å². The van der Waals surface area contributed by atoms with Gasteiger partial charge in [-0.3, -0.25) is 0 Å². The number of ether oxygens (including phenoxy) is 2. The topological polar surface area (TPSA) is 92.0 Å². The molecule has 0 spiro atoms. The van der Waals surface area contributed by atoms with Crippen LogP contribution in [0.3, 0.4) is 0 Å². The van der Waals surface area contributed by atoms with Gasteiger partial charge in [-0.1, -0.05) is 24.3 Å². The summed E-state index contributed by atoms with van der Waals surface area (Å²) in [7, 11) is 4.31. The number of nitrogens with one attached hydrogen (secondary N) is 1. The van der Waals surface area contributed by atoms with Crippen molar-refractivity contribution in [1.82, 2.24) is 5.48 Å². The highest BCUT2D eigenvalue weighted by Crippen LogP contribution is 2.30. The molecule has 0 aromatic heterocycles. The third-order valence-electron chi connectivity index (χ3n) is 3.44. The van der Waals surface area contributed by atoms with Crippen molar-refractivity contribution in [2.45, 2.75) is 12.3 Å². The lowest BCUT2D eigenvalue weighted by Crippen LogP contribution is -2.27. The maximum absolute atomic E-state index is 11.6. The molecule has 0 aliphatic carbocycles. The van der Waals surface area contributed by atoms with Gasteiger partial charge in [-0.15, -0.1) is 11.8 Å². The summed E-state index contributed by atoms with van der Waals surface area (Å²) in [5.74, 6) is 5.81. The van der Waals surface area contributed by atoms with Gasteiger partial charge in [0.05, 0.1) is 27.4 Å². The van der Waals surface area contributed by atoms with Gasteiger partial charge in [-0.25, -0.2) is 4.79 Å². The minimum absolute atomic E-state index is 0.174. The van der Waals surface area contributed by atoms with Crippen LogP contribution in [0.1, 0.15) is 18.1 Å². The van der Waals surface area contributed by atoms with Gasteiger partial charge in [0.1, 0.15) is 11.1 Å². The molecule has 0 fully saturated rings. The molecule has 0 saturated heterocycles. The highest BCUT2D eigenvalue weighted by atomic mass is 32.2. The number of thioether (sulfide) groups is 1. The average molecular weight is 368 g/mol. The van der Waals surface area contributed by atoms with Crippen LogP contribution in [0, 0.1) is 0 Å². The van der Waals surface area contributed by atoms with E-state index in [2.05, 4.69) is 10.2 Å². The van der Waals surface area contributed by atoms with E-state index in [9.17, 15) is 4.79 Å². The molecule has 0 heterocycles. The smallest absolute Gasteiger partial charge is 0.334 e. The van der Waals surface area contributed by atoms with Crippen LogP contribution >= 0.6 is 11.8 Å². The molecule has 8 heteroatoms. The van der Waals surface area contributed by atoms with Crippen LogP contribution < -0.4 is 11.4 Å². The van der Waals surface area contributed by atoms with E-state index in [1.165, 1.54) is 39.2 Å². The fourth-order valence-electron chi connectivity index (χ4n) is 2.22. The number of carbonyl (C=O) groups excluding carboxylic acids is 1. The number of hydrogen-bond donors (Lipinski definition) is 2. The molecule has 0 bridgehead atoms. The predicted molar refractivity (Wildman–Crippen MR) is 98.8 cm³/mol. The van der Waals surface area contributed by atoms with Crippen LogP contribution in [0.15, 0.2) is 35.9 Å². The highest BCUT2D eigenvalue weighted by Gasteiger charge is 2.20. The zero-order valence-corrected chi connectivity index (χ0v) is 15.8. The van der Waals surface area contributed by atoms with E-state index in [4.69, 9.17) is 20.3 Å². The molecule has 1 aromatic carbocycles. The first kappa shape index (κ1) is 21.0. The largest absolute Gasteiger partial charge is 0.496 e. The number of benzene rings is 1. The second-order valence-electron chi connectivity index (χ2n) is 4.85. The molecule has 0 aliphatic heterocycles. The van der Waals surface area contributed by atoms with Crippen molar-refractivity contribution in [3.8, 4) is 0 Å². The van der Waals surface area contributed by atoms with Gasteiger partial charge in [-0.2, -0.15) is 11.4 Å². The summed E-state index contributed by atoms with van der Waals surface area (Å²) in [6.07, 6.45) is 3.19. The van der Waals surface area contributed by atoms with E-state index in [1.807, 2.05) is 31.4 Å². The maximum atomic E-state index is 11.6. The number of carbonyl (C=O) groups is 1. The molecule has 1 atom stereocenters. The average Bonchev–Trinajstić information content (AvgIpc) is 2.64. The molecule has 0 saturated carbocycles. The van der Waals surface area contributed by atoms with E-state index >= 15 is 0 Å². The van der Waals surface area contributed by atoms with Crippen LogP contribution in [0.4, 0.5) is 0 Å². The molecule has 1 unspecified atom stereocenters. The van der Waals surface area contributed by atoms with Crippen molar-refractivity contribution in [1.29, 1.82) is 0 Å². The summed E-state index contributed by atoms with van der Waals surface area (Å²) in [6.45, 7) is 1.88. The van der Waals surface area contributed by atoms with Crippen molar-refractivity contribution < 1.29 is 23.9 Å². The fourth-order valence-corrected chi connectivity index (χ4v) is 2.87. The van der Waals surface area contributed by atoms with Crippen LogP contribution in [-0.4, -0.2) is 38.9 Å². The van der Waals surface area contributed by atoms with Crippen molar-refractivity contribution in [2.24, 2.45) is 5.90 Å². The molecule has 0 radical (unpaired) electrons. The van der Waals surface area contributed by atoms with Crippen LogP contribution in [0.25, 0.3) is 11.5 Å². The van der Waals surface area contributed by atoms with E-state index in [-0.39, 0.29) is 5.37 Å². The van der Waals surface area contributed by atoms with Crippen LogP contribution in [0.5, 0.6) is 0 Å². The molecule has 1 rings (SSSR count). The Kier molecular flexibility index (Phi) is 9.07. The van der Waals surface area contributed by atoms with Crippen molar-refractivity contribution >= 4 is 29.2 Å². The van der Waals surface area contributed by atoms with Gasteiger partial charge < -0.3 is 19.1 Å². The third-order valence-corrected chi connectivity index (χ3v) is 4.36. The van der Waals surface area contributed by atoms with Crippen molar-refractivity contribution in [3.05, 3.63) is 47.0 Å². The lowest BCUT2D eigenvalue weighted by atomic mass is 10.0. The molecule has 138 valence electrons. The monoisotopic (exact) mass is 368 g/mol. The Hall–Kier alpha value is -2.00. The van der Waals surface area contributed by atoms with E-state index in [0.717, 1.165) is 5.57 Å². The lowest BCUT2D eigenvalue weighted by molar-refractivity contribution is -0.134. The third kappa shape index (κ3) is 5.50. The summed E-state index contributed by atoms with van der Waals surface area (Å²) < 4.78 is 10.0. The number of esters is 1. The molecule has 3 N–H and O–H groups in total. The number of nitrogens with two attached hydrogens (primary N) is 1. The van der Waals surface area contributed by atoms with Gasteiger partial charge in [0.2, 0.25) is 0 Å². The second-order valence-corrected chi connectivity index (χ2v) is 5.79. The van der Waals surface area contributed by atoms with Gasteiger partial charge >= 0.3 is 5.97 Å². The van der Waals surface area contributed by atoms with Gasteiger partial charge in [0, 0.05) is 16.7 Å². The normalized spacial score (nSPS) is 13.8. The molecular formula is C17H24N2O5S. The van der Waals surface area contributed by atoms with Crippen LogP contribution in [-0.2, 0) is 23.9 Å². The highest BCUT2D eigenvalue weighted by molar-refractivity contribution is 7.99. The number of rotatable bonds is 9. The fraction of sp³-hybridized carbons (Fsp3) is 0.353. The predicted octanol–water partition coefficient (Wildman–Crippen LogP) is 2.31. The number of hydroxylamine groups is 1. The first-order chi connectivity index (χ1) is 12.0. The summed E-state index contributed by atoms with van der Waals surface area (Å²) in [6, 6.07) is 7.30. The Bertz CT molecular complexity index is 646. The first-order valence-corrected chi connectivity index (χ1v) is 8.64. The number of hydrogen-bond acceptors (Lipinski definition) is 8. The van der Waals surface area contributed by atoms with E-state index < -0.39 is 5.97 Å². The minimum Gasteiger partial charge on any atom is -0.496 e. The Morgan fingerprint density at radius 2 is 1.84 bits per heavy atom. The van der Waals surface area contributed by atoms with Crippen molar-refractivity contribution in [3.63, 3.8) is 0 Å². The number of methoxy groups -OCH3 is 2. The molecule has 1 aromatic rings. The molecule has 25 heavy (non-hydrogen) atoms. The zero-order chi connectivity index (χ0) is 18.8.